The van der Waals surface area contributed by atoms with Crippen LogP contribution in [0.4, 0.5) is 22.2 Å². The first-order valence-corrected chi connectivity index (χ1v) is 11.8. The van der Waals surface area contributed by atoms with E-state index < -0.39 is 11.7 Å². The van der Waals surface area contributed by atoms with Crippen LogP contribution in [-0.4, -0.2) is 50.9 Å². The van der Waals surface area contributed by atoms with E-state index in [1.54, 1.807) is 6.20 Å². The predicted octanol–water partition coefficient (Wildman–Crippen LogP) is 4.27. The Balaban J connectivity index is 1.41. The number of benzene rings is 1. The number of pyridine rings is 1. The standard InChI is InChI=1S/C26H32N6O3/c1-26(2,3)35-25(34)29-16-21-8-5-13-32(21)23-10-9-19(15-28-23)22-11-12-27-24(31-22)30-20-7-4-6-18(14-20)17-33/h4,6-7,9-12,14-15,21,33H,5,8,13,16-17H2,1-3H3,(H,29,34)(H,27,30,31). The van der Waals surface area contributed by atoms with Gasteiger partial charge in [0.05, 0.1) is 12.3 Å². The molecule has 1 aromatic carbocycles. The number of carbonyl (C=O) groups is 1. The molecule has 1 amide bonds. The van der Waals surface area contributed by atoms with Crippen LogP contribution in [0, 0.1) is 0 Å². The Morgan fingerprint density at radius 3 is 2.80 bits per heavy atom. The van der Waals surface area contributed by atoms with Crippen LogP contribution in [0.25, 0.3) is 11.3 Å². The number of nitrogens with one attached hydrogen (secondary N) is 2. The zero-order valence-corrected chi connectivity index (χ0v) is 20.4. The monoisotopic (exact) mass is 476 g/mol. The van der Waals surface area contributed by atoms with Gasteiger partial charge in [0.1, 0.15) is 11.4 Å². The van der Waals surface area contributed by atoms with Crippen molar-refractivity contribution in [3.63, 3.8) is 0 Å². The molecule has 3 heterocycles. The molecule has 1 aliphatic heterocycles. The fraction of sp³-hybridized carbons (Fsp3) is 0.385. The predicted molar refractivity (Wildman–Crippen MR) is 136 cm³/mol. The van der Waals surface area contributed by atoms with Gasteiger partial charge in [0.2, 0.25) is 5.95 Å². The molecule has 1 fully saturated rings. The third kappa shape index (κ3) is 6.66. The lowest BCUT2D eigenvalue weighted by molar-refractivity contribution is 0.0525. The Hall–Kier alpha value is -3.72. The van der Waals surface area contributed by atoms with Crippen molar-refractivity contribution >= 4 is 23.5 Å². The zero-order valence-electron chi connectivity index (χ0n) is 20.4. The molecule has 0 bridgehead atoms. The van der Waals surface area contributed by atoms with Gasteiger partial charge >= 0.3 is 6.09 Å². The van der Waals surface area contributed by atoms with E-state index in [9.17, 15) is 9.90 Å². The van der Waals surface area contributed by atoms with Gasteiger partial charge in [-0.15, -0.1) is 0 Å². The summed E-state index contributed by atoms with van der Waals surface area (Å²) < 4.78 is 5.35. The molecule has 3 aromatic rings. The maximum absolute atomic E-state index is 12.0. The highest BCUT2D eigenvalue weighted by Crippen LogP contribution is 2.26. The minimum Gasteiger partial charge on any atom is -0.444 e. The number of rotatable bonds is 7. The van der Waals surface area contributed by atoms with E-state index in [4.69, 9.17) is 4.74 Å². The largest absolute Gasteiger partial charge is 0.444 e. The highest BCUT2D eigenvalue weighted by Gasteiger charge is 2.27. The highest BCUT2D eigenvalue weighted by atomic mass is 16.6. The summed E-state index contributed by atoms with van der Waals surface area (Å²) in [6.07, 6.45) is 5.14. The fourth-order valence-electron chi connectivity index (χ4n) is 4.03. The number of nitrogens with zero attached hydrogens (tertiary/aromatic N) is 4. The molecule has 9 heteroatoms. The van der Waals surface area contributed by atoms with Gasteiger partial charge in [-0.1, -0.05) is 12.1 Å². The number of ether oxygens (including phenoxy) is 1. The third-order valence-corrected chi connectivity index (χ3v) is 5.62. The first kappa shape index (κ1) is 24.4. The van der Waals surface area contributed by atoms with Crippen molar-refractivity contribution < 1.29 is 14.6 Å². The molecule has 0 radical (unpaired) electrons. The maximum atomic E-state index is 12.0. The quantitative estimate of drug-likeness (QED) is 0.464. The number of aliphatic hydroxyl groups is 1. The van der Waals surface area contributed by atoms with Crippen molar-refractivity contribution in [3.8, 4) is 11.3 Å². The van der Waals surface area contributed by atoms with Crippen LogP contribution in [0.3, 0.4) is 0 Å². The number of carbonyl (C=O) groups excluding carboxylic acids is 1. The molecule has 0 saturated carbocycles. The van der Waals surface area contributed by atoms with E-state index in [1.807, 2.05) is 69.4 Å². The SMILES string of the molecule is CC(C)(C)OC(=O)NCC1CCCN1c1ccc(-c2ccnc(Nc3cccc(CO)c3)n2)cn1. The first-order valence-electron chi connectivity index (χ1n) is 11.8. The Kier molecular flexibility index (Phi) is 7.45. The summed E-state index contributed by atoms with van der Waals surface area (Å²) >= 11 is 0. The highest BCUT2D eigenvalue weighted by molar-refractivity contribution is 5.68. The van der Waals surface area contributed by atoms with Crippen LogP contribution in [0.5, 0.6) is 0 Å². The van der Waals surface area contributed by atoms with E-state index in [0.717, 1.165) is 47.7 Å². The van der Waals surface area contributed by atoms with E-state index in [2.05, 4.69) is 30.5 Å². The molecule has 4 rings (SSSR count). The third-order valence-electron chi connectivity index (χ3n) is 5.62. The summed E-state index contributed by atoms with van der Waals surface area (Å²) in [6.45, 7) is 6.93. The smallest absolute Gasteiger partial charge is 0.407 e. The van der Waals surface area contributed by atoms with E-state index in [0.29, 0.717) is 12.5 Å². The molecule has 1 aliphatic rings. The van der Waals surface area contributed by atoms with Gasteiger partial charge in [0.25, 0.3) is 0 Å². The molecule has 0 aliphatic carbocycles. The average molecular weight is 477 g/mol. The Morgan fingerprint density at radius 2 is 2.06 bits per heavy atom. The number of aliphatic hydroxyl groups excluding tert-OH is 1. The summed E-state index contributed by atoms with van der Waals surface area (Å²) in [5.41, 5.74) is 2.74. The van der Waals surface area contributed by atoms with Crippen LogP contribution in [0.1, 0.15) is 39.2 Å². The number of anilines is 3. The maximum Gasteiger partial charge on any atom is 0.407 e. The second-order valence-corrected chi connectivity index (χ2v) is 9.53. The van der Waals surface area contributed by atoms with Crippen LogP contribution < -0.4 is 15.5 Å². The zero-order chi connectivity index (χ0) is 24.8. The van der Waals surface area contributed by atoms with E-state index >= 15 is 0 Å². The molecule has 1 saturated heterocycles. The van der Waals surface area contributed by atoms with Crippen LogP contribution in [0.2, 0.25) is 0 Å². The van der Waals surface area contributed by atoms with Crippen molar-refractivity contribution in [1.29, 1.82) is 0 Å². The number of alkyl carbamates (subject to hydrolysis) is 1. The molecule has 35 heavy (non-hydrogen) atoms. The summed E-state index contributed by atoms with van der Waals surface area (Å²) in [5, 5.41) is 15.4. The van der Waals surface area contributed by atoms with Gasteiger partial charge in [-0.25, -0.2) is 19.7 Å². The van der Waals surface area contributed by atoms with Gasteiger partial charge < -0.3 is 25.4 Å². The van der Waals surface area contributed by atoms with Crippen LogP contribution >= 0.6 is 0 Å². The molecule has 1 atom stereocenters. The van der Waals surface area contributed by atoms with Gasteiger partial charge in [0.15, 0.2) is 0 Å². The summed E-state index contributed by atoms with van der Waals surface area (Å²) in [6, 6.07) is 13.5. The second kappa shape index (κ2) is 10.7. The van der Waals surface area contributed by atoms with Gasteiger partial charge in [0, 0.05) is 42.8 Å². The van der Waals surface area contributed by atoms with Crippen molar-refractivity contribution in [3.05, 3.63) is 60.4 Å². The molecular formula is C26H32N6O3. The van der Waals surface area contributed by atoms with Crippen LogP contribution in [0.15, 0.2) is 54.9 Å². The van der Waals surface area contributed by atoms with E-state index in [1.165, 1.54) is 0 Å². The second-order valence-electron chi connectivity index (χ2n) is 9.53. The first-order chi connectivity index (χ1) is 16.8. The Labute approximate surface area is 205 Å². The van der Waals surface area contributed by atoms with Crippen molar-refractivity contribution in [2.45, 2.75) is 51.9 Å². The number of hydrogen-bond donors (Lipinski definition) is 3. The molecule has 1 unspecified atom stereocenters. The van der Waals surface area contributed by atoms with Crippen molar-refractivity contribution in [2.24, 2.45) is 0 Å². The van der Waals surface area contributed by atoms with Crippen molar-refractivity contribution in [2.75, 3.05) is 23.3 Å². The molecule has 9 nitrogen and oxygen atoms in total. The van der Waals surface area contributed by atoms with Crippen molar-refractivity contribution in [1.82, 2.24) is 20.3 Å². The van der Waals surface area contributed by atoms with Gasteiger partial charge in [-0.05, 0) is 69.5 Å². The molecule has 184 valence electrons. The topological polar surface area (TPSA) is 112 Å². The molecule has 3 N–H and O–H groups in total. The van der Waals surface area contributed by atoms with Crippen LogP contribution in [-0.2, 0) is 11.3 Å². The Bertz CT molecular complexity index is 1150. The normalized spacial score (nSPS) is 15.7. The number of hydrogen-bond acceptors (Lipinski definition) is 8. The van der Waals surface area contributed by atoms with E-state index in [-0.39, 0.29) is 12.6 Å². The fourth-order valence-corrected chi connectivity index (χ4v) is 4.03. The lowest BCUT2D eigenvalue weighted by atomic mass is 10.2. The summed E-state index contributed by atoms with van der Waals surface area (Å²) in [7, 11) is 0. The van der Waals surface area contributed by atoms with Gasteiger partial charge in [-0.2, -0.15) is 0 Å². The molecule has 2 aromatic heterocycles. The summed E-state index contributed by atoms with van der Waals surface area (Å²) in [4.78, 5) is 27.9. The lowest BCUT2D eigenvalue weighted by Crippen LogP contribution is -2.42. The average Bonchev–Trinajstić information content (AvgIpc) is 3.31. The minimum absolute atomic E-state index is 0.0244. The lowest BCUT2D eigenvalue weighted by Gasteiger charge is -2.27. The summed E-state index contributed by atoms with van der Waals surface area (Å²) in [5.74, 6) is 1.34. The molecular weight excluding hydrogens is 444 g/mol. The van der Waals surface area contributed by atoms with Gasteiger partial charge in [-0.3, -0.25) is 0 Å². The number of aromatic nitrogens is 3. The minimum atomic E-state index is -0.517. The Morgan fingerprint density at radius 1 is 1.20 bits per heavy atom. The number of amides is 1. The molecule has 0 spiro atoms.